The van der Waals surface area contributed by atoms with Crippen molar-refractivity contribution >= 4 is 11.8 Å². The largest absolute Gasteiger partial charge is 0.271 e. The van der Waals surface area contributed by atoms with E-state index in [0.29, 0.717) is 10.8 Å². The first-order chi connectivity index (χ1) is 9.20. The molecule has 0 radical (unpaired) electrons. The van der Waals surface area contributed by atoms with Crippen molar-refractivity contribution < 1.29 is 4.39 Å². The molecule has 106 valence electrons. The molecule has 0 spiro atoms. The van der Waals surface area contributed by atoms with Crippen molar-refractivity contribution in [3.8, 4) is 0 Å². The summed E-state index contributed by atoms with van der Waals surface area (Å²) in [5.41, 5.74) is 2.94. The topological polar surface area (TPSA) is 38.0 Å². The van der Waals surface area contributed by atoms with E-state index in [4.69, 9.17) is 5.84 Å². The van der Waals surface area contributed by atoms with Gasteiger partial charge in [0, 0.05) is 16.7 Å². The predicted octanol–water partition coefficient (Wildman–Crippen LogP) is 3.58. The quantitative estimate of drug-likeness (QED) is 0.492. The molecule has 19 heavy (non-hydrogen) atoms. The van der Waals surface area contributed by atoms with Crippen molar-refractivity contribution in [2.24, 2.45) is 17.7 Å². The Hall–Kier alpha value is -0.580. The third-order valence-electron chi connectivity index (χ3n) is 4.02. The van der Waals surface area contributed by atoms with Gasteiger partial charge in [0.1, 0.15) is 5.82 Å². The highest BCUT2D eigenvalue weighted by molar-refractivity contribution is 7.99. The molecule has 0 bridgehead atoms. The summed E-state index contributed by atoms with van der Waals surface area (Å²) in [6.07, 6.45) is 5.08. The number of hydrogen-bond acceptors (Lipinski definition) is 3. The van der Waals surface area contributed by atoms with Gasteiger partial charge < -0.3 is 0 Å². The molecule has 2 nitrogen and oxygen atoms in total. The van der Waals surface area contributed by atoms with Gasteiger partial charge in [0.2, 0.25) is 0 Å². The van der Waals surface area contributed by atoms with Gasteiger partial charge in [-0.3, -0.25) is 11.3 Å². The van der Waals surface area contributed by atoms with E-state index < -0.39 is 0 Å². The zero-order valence-electron chi connectivity index (χ0n) is 11.4. The van der Waals surface area contributed by atoms with E-state index in [1.807, 2.05) is 12.1 Å². The van der Waals surface area contributed by atoms with E-state index in [9.17, 15) is 4.39 Å². The Bertz CT molecular complexity index is 399. The lowest BCUT2D eigenvalue weighted by molar-refractivity contribution is 0.235. The van der Waals surface area contributed by atoms with E-state index >= 15 is 0 Å². The lowest BCUT2D eigenvalue weighted by atomic mass is 9.79. The van der Waals surface area contributed by atoms with Crippen LogP contribution in [-0.4, -0.2) is 11.8 Å². The molecule has 0 saturated heterocycles. The Morgan fingerprint density at radius 1 is 1.42 bits per heavy atom. The highest BCUT2D eigenvalue weighted by atomic mass is 32.2. The molecular weight excluding hydrogens is 259 g/mol. The van der Waals surface area contributed by atoms with Gasteiger partial charge in [-0.15, -0.1) is 11.8 Å². The molecule has 1 aliphatic rings. The van der Waals surface area contributed by atoms with Crippen molar-refractivity contribution in [1.82, 2.24) is 5.43 Å². The molecule has 1 aliphatic carbocycles. The maximum Gasteiger partial charge on any atom is 0.136 e. The number of hydrazine groups is 1. The molecule has 0 aliphatic heterocycles. The molecule has 3 N–H and O–H groups in total. The number of halogens is 1. The highest BCUT2D eigenvalue weighted by Gasteiger charge is 2.26. The van der Waals surface area contributed by atoms with Crippen LogP contribution >= 0.6 is 11.8 Å². The Labute approximate surface area is 119 Å². The van der Waals surface area contributed by atoms with E-state index in [1.54, 1.807) is 17.8 Å². The molecule has 1 saturated carbocycles. The van der Waals surface area contributed by atoms with Crippen molar-refractivity contribution in [1.29, 1.82) is 0 Å². The second kappa shape index (κ2) is 7.27. The zero-order chi connectivity index (χ0) is 13.7. The Morgan fingerprint density at radius 2 is 2.21 bits per heavy atom. The first-order valence-corrected chi connectivity index (χ1v) is 8.02. The maximum atomic E-state index is 13.6. The molecular formula is C15H23FN2S. The fourth-order valence-corrected chi connectivity index (χ4v) is 4.02. The molecule has 3 atom stereocenters. The first kappa shape index (κ1) is 14.8. The summed E-state index contributed by atoms with van der Waals surface area (Å²) in [5, 5.41) is 0. The fraction of sp³-hybridized carbons (Fsp3) is 0.600. The second-order valence-corrected chi connectivity index (χ2v) is 6.61. The third-order valence-corrected chi connectivity index (χ3v) is 5.18. The molecule has 1 aromatic rings. The number of rotatable bonds is 5. The molecule has 0 amide bonds. The van der Waals surface area contributed by atoms with Gasteiger partial charge in [0.25, 0.3) is 0 Å². The number of nitrogens with one attached hydrogen (secondary N) is 1. The standard InChI is InChI=1S/C15H23FN2S/c1-11-5-4-6-12(9-11)14(18-17)10-19-15-8-3-2-7-13(15)16/h2-3,7-8,11-12,14,18H,4-6,9-10,17H2,1H3. The van der Waals surface area contributed by atoms with Gasteiger partial charge in [-0.2, -0.15) is 0 Å². The van der Waals surface area contributed by atoms with Crippen molar-refractivity contribution in [3.05, 3.63) is 30.1 Å². The lowest BCUT2D eigenvalue weighted by Gasteiger charge is -2.32. The van der Waals surface area contributed by atoms with Crippen LogP contribution in [0.2, 0.25) is 0 Å². The van der Waals surface area contributed by atoms with Crippen LogP contribution in [0.3, 0.4) is 0 Å². The summed E-state index contributed by atoms with van der Waals surface area (Å²) in [6, 6.07) is 7.21. The van der Waals surface area contributed by atoms with Crippen LogP contribution in [0.4, 0.5) is 4.39 Å². The number of hydrogen-bond donors (Lipinski definition) is 2. The molecule has 2 rings (SSSR count). The summed E-state index contributed by atoms with van der Waals surface area (Å²) >= 11 is 1.56. The predicted molar refractivity (Wildman–Crippen MR) is 79.4 cm³/mol. The van der Waals surface area contributed by atoms with E-state index in [2.05, 4.69) is 12.3 Å². The second-order valence-electron chi connectivity index (χ2n) is 5.55. The van der Waals surface area contributed by atoms with Crippen LogP contribution in [-0.2, 0) is 0 Å². The van der Waals surface area contributed by atoms with Gasteiger partial charge in [-0.05, 0) is 36.8 Å². The Kier molecular flexibility index (Phi) is 5.67. The number of thioether (sulfide) groups is 1. The van der Waals surface area contributed by atoms with Crippen LogP contribution in [0.25, 0.3) is 0 Å². The smallest absolute Gasteiger partial charge is 0.136 e. The van der Waals surface area contributed by atoms with E-state index in [-0.39, 0.29) is 11.9 Å². The minimum Gasteiger partial charge on any atom is -0.271 e. The van der Waals surface area contributed by atoms with E-state index in [0.717, 1.165) is 11.7 Å². The minimum absolute atomic E-state index is 0.139. The van der Waals surface area contributed by atoms with Crippen molar-refractivity contribution in [2.75, 3.05) is 5.75 Å². The average Bonchev–Trinajstić information content (AvgIpc) is 2.41. The number of benzene rings is 1. The number of nitrogens with two attached hydrogens (primary N) is 1. The minimum atomic E-state index is -0.139. The third kappa shape index (κ3) is 4.20. The summed E-state index contributed by atoms with van der Waals surface area (Å²) in [6.45, 7) is 2.31. The normalized spacial score (nSPS) is 25.2. The molecule has 1 aromatic carbocycles. The molecule has 4 heteroatoms. The van der Waals surface area contributed by atoms with Gasteiger partial charge in [-0.1, -0.05) is 31.9 Å². The first-order valence-electron chi connectivity index (χ1n) is 7.04. The zero-order valence-corrected chi connectivity index (χ0v) is 12.3. The van der Waals surface area contributed by atoms with Gasteiger partial charge in [0.15, 0.2) is 0 Å². The summed E-state index contributed by atoms with van der Waals surface area (Å²) < 4.78 is 13.6. The van der Waals surface area contributed by atoms with Crippen LogP contribution in [0.15, 0.2) is 29.2 Å². The van der Waals surface area contributed by atoms with Crippen LogP contribution < -0.4 is 11.3 Å². The SMILES string of the molecule is CC1CCCC(C(CSc2ccccc2F)NN)C1. The Balaban J connectivity index is 1.90. The van der Waals surface area contributed by atoms with Gasteiger partial charge in [-0.25, -0.2) is 4.39 Å². The summed E-state index contributed by atoms with van der Waals surface area (Å²) in [5.74, 6) is 7.79. The average molecular weight is 282 g/mol. The monoisotopic (exact) mass is 282 g/mol. The molecule has 0 heterocycles. The van der Waals surface area contributed by atoms with Crippen molar-refractivity contribution in [3.63, 3.8) is 0 Å². The van der Waals surface area contributed by atoms with Gasteiger partial charge in [0.05, 0.1) is 0 Å². The van der Waals surface area contributed by atoms with E-state index in [1.165, 1.54) is 31.7 Å². The summed E-state index contributed by atoms with van der Waals surface area (Å²) in [4.78, 5) is 0.714. The molecule has 0 aromatic heterocycles. The van der Waals surface area contributed by atoms with Gasteiger partial charge >= 0.3 is 0 Å². The fourth-order valence-electron chi connectivity index (χ4n) is 2.91. The molecule has 1 fully saturated rings. The van der Waals surface area contributed by atoms with Crippen LogP contribution in [0.5, 0.6) is 0 Å². The van der Waals surface area contributed by atoms with Crippen molar-refractivity contribution in [2.45, 2.75) is 43.5 Å². The molecule has 3 unspecified atom stereocenters. The van der Waals surface area contributed by atoms with Crippen LogP contribution in [0, 0.1) is 17.7 Å². The van der Waals surface area contributed by atoms with Crippen LogP contribution in [0.1, 0.15) is 32.6 Å². The summed E-state index contributed by atoms with van der Waals surface area (Å²) in [7, 11) is 0. The lowest BCUT2D eigenvalue weighted by Crippen LogP contribution is -2.44. The highest BCUT2D eigenvalue weighted by Crippen LogP contribution is 2.33. The Morgan fingerprint density at radius 3 is 2.89 bits per heavy atom. The maximum absolute atomic E-state index is 13.6.